The third-order valence-electron chi connectivity index (χ3n) is 4.91. The van der Waals surface area contributed by atoms with Gasteiger partial charge in [0.2, 0.25) is 16.5 Å². The summed E-state index contributed by atoms with van der Waals surface area (Å²) >= 11 is -2.63. The van der Waals surface area contributed by atoms with E-state index in [1.54, 1.807) is 36.4 Å². The molecule has 2 N–H and O–H groups in total. The first-order chi connectivity index (χ1) is 19.5. The summed E-state index contributed by atoms with van der Waals surface area (Å²) in [5, 5.41) is 25.7. The van der Waals surface area contributed by atoms with Crippen molar-refractivity contribution in [1.29, 1.82) is 0 Å². The molecule has 0 amide bonds. The van der Waals surface area contributed by atoms with Gasteiger partial charge in [-0.3, -0.25) is 4.21 Å². The molecule has 0 radical (unpaired) electrons. The summed E-state index contributed by atoms with van der Waals surface area (Å²) in [6, 6.07) is 22.7. The zero-order valence-corrected chi connectivity index (χ0v) is 22.4. The van der Waals surface area contributed by atoms with Gasteiger partial charge in [0, 0.05) is 26.1 Å². The van der Waals surface area contributed by atoms with Gasteiger partial charge in [0.25, 0.3) is 15.0 Å². The van der Waals surface area contributed by atoms with Crippen molar-refractivity contribution in [2.24, 2.45) is 5.14 Å². The molecule has 1 atom stereocenters. The van der Waals surface area contributed by atoms with Crippen LogP contribution in [0.2, 0.25) is 0 Å². The predicted molar refractivity (Wildman–Crippen MR) is 146 cm³/mol. The lowest BCUT2D eigenvalue weighted by molar-refractivity contribution is -0.391. The van der Waals surface area contributed by atoms with Gasteiger partial charge in [-0.1, -0.05) is 60.7 Å². The number of nitrogens with two attached hydrogens (primary N) is 1. The number of pyridine rings is 2. The molecule has 0 bridgehead atoms. The fourth-order valence-corrected chi connectivity index (χ4v) is 3.86. The van der Waals surface area contributed by atoms with Crippen molar-refractivity contribution < 1.29 is 39.4 Å². The number of sulfonamides is 1. The van der Waals surface area contributed by atoms with Gasteiger partial charge in [-0.2, -0.15) is 0 Å². The van der Waals surface area contributed by atoms with Crippen molar-refractivity contribution in [1.82, 2.24) is 9.97 Å². The maximum atomic E-state index is 11.2. The highest BCUT2D eigenvalue weighted by molar-refractivity contribution is 7.89. The number of hydrogen-bond donors (Lipinski definition) is 1. The molecule has 0 aliphatic heterocycles. The minimum absolute atomic E-state index is 0. The van der Waals surface area contributed by atoms with Crippen LogP contribution in [0, 0.1) is 20.2 Å². The Bertz CT molecular complexity index is 1670. The third kappa shape index (κ3) is 9.11. The first kappa shape index (κ1) is 30.7. The number of primary sulfonamides is 1. The Hall–Kier alpha value is -4.84. The zero-order chi connectivity index (χ0) is 30.0. The monoisotopic (exact) mass is 606 g/mol. The molecule has 0 saturated heterocycles. The standard InChI is InChI=1S/C12H11N3O5S.C12H10N2O5S.2H2/c13-21(18,19)11-7-6-10(12(14-11)15(16)17)20-8-9-4-2-1-3-5-9;15-14(16)12-10(6-7-11(13-12)20(17)18)19-8-9-4-2-1-3-5-9;;/h1-7H,8H2,(H2,13,18,19);1-7H,8H2,(H,17,18);2*1H/p-1. The van der Waals surface area contributed by atoms with Crippen molar-refractivity contribution >= 4 is 32.7 Å². The van der Waals surface area contributed by atoms with Crippen LogP contribution in [0.25, 0.3) is 0 Å². The van der Waals surface area contributed by atoms with Gasteiger partial charge in [-0.05, 0) is 43.1 Å². The summed E-state index contributed by atoms with van der Waals surface area (Å²) in [6.45, 7) is 0.223. The van der Waals surface area contributed by atoms with E-state index in [0.29, 0.717) is 0 Å². The lowest BCUT2D eigenvalue weighted by Crippen LogP contribution is -2.15. The highest BCUT2D eigenvalue weighted by Crippen LogP contribution is 2.27. The van der Waals surface area contributed by atoms with E-state index in [4.69, 9.17) is 14.6 Å². The van der Waals surface area contributed by atoms with Crippen molar-refractivity contribution in [3.63, 3.8) is 0 Å². The minimum Gasteiger partial charge on any atom is -0.766 e. The first-order valence-electron chi connectivity index (χ1n) is 11.2. The highest BCUT2D eigenvalue weighted by atomic mass is 32.2. The molecule has 0 fully saturated rings. The molecule has 4 rings (SSSR count). The number of rotatable bonds is 10. The molecule has 1 unspecified atom stereocenters. The van der Waals surface area contributed by atoms with Crippen molar-refractivity contribution in [3.05, 3.63) is 116 Å². The Morgan fingerprint density at radius 1 is 0.756 bits per heavy atom. The minimum atomic E-state index is -4.11. The summed E-state index contributed by atoms with van der Waals surface area (Å²) in [4.78, 5) is 27.1. The SMILES string of the molecule is NS(=O)(=O)c1ccc(OCc2ccccc2)c([N+](=O)[O-])n1.O=[N+]([O-])c1nc(S(=O)[O-])ccc1OCc1ccccc1.[HH].[HH]. The van der Waals surface area contributed by atoms with Crippen LogP contribution in [0.1, 0.15) is 14.0 Å². The average Bonchev–Trinajstić information content (AvgIpc) is 2.95. The fourth-order valence-electron chi connectivity index (χ4n) is 3.05. The summed E-state index contributed by atoms with van der Waals surface area (Å²) < 4.78 is 54.4. The Labute approximate surface area is 238 Å². The summed E-state index contributed by atoms with van der Waals surface area (Å²) in [6.07, 6.45) is 0. The second-order valence-corrected chi connectivity index (χ2v) is 10.2. The molecule has 15 nitrogen and oxygen atoms in total. The largest absolute Gasteiger partial charge is 0.766 e. The van der Waals surface area contributed by atoms with E-state index in [-0.39, 0.29) is 27.6 Å². The number of benzene rings is 2. The van der Waals surface area contributed by atoms with Crippen molar-refractivity contribution in [2.45, 2.75) is 23.3 Å². The average molecular weight is 607 g/mol. The van der Waals surface area contributed by atoms with E-state index in [2.05, 4.69) is 9.97 Å². The molecule has 4 aromatic rings. The van der Waals surface area contributed by atoms with E-state index < -0.39 is 52.6 Å². The normalized spacial score (nSPS) is 11.5. The van der Waals surface area contributed by atoms with E-state index >= 15 is 0 Å². The Balaban J connectivity index is 0.000000411. The number of nitro groups is 2. The number of hydrogen-bond acceptors (Lipinski definition) is 12. The van der Waals surface area contributed by atoms with E-state index in [0.717, 1.165) is 29.3 Å². The molecule has 17 heteroatoms. The van der Waals surface area contributed by atoms with Gasteiger partial charge in [0.15, 0.2) is 0 Å². The van der Waals surface area contributed by atoms with Crippen LogP contribution in [0.4, 0.5) is 11.6 Å². The second-order valence-electron chi connectivity index (χ2n) is 7.78. The van der Waals surface area contributed by atoms with E-state index in [1.807, 2.05) is 24.3 Å². The molecule has 218 valence electrons. The van der Waals surface area contributed by atoms with E-state index in [9.17, 15) is 37.4 Å². The smallest absolute Gasteiger partial charge is 0.407 e. The zero-order valence-electron chi connectivity index (χ0n) is 20.8. The maximum absolute atomic E-state index is 11.2. The molecule has 2 heterocycles. The molecule has 2 aromatic heterocycles. The topological polar surface area (TPSA) is 231 Å². The Kier molecular flexibility index (Phi) is 10.5. The molecule has 2 aromatic carbocycles. The summed E-state index contributed by atoms with van der Waals surface area (Å²) in [5.74, 6) is -1.52. The number of nitrogens with zero attached hydrogens (tertiary/aromatic N) is 4. The molecule has 0 spiro atoms. The lowest BCUT2D eigenvalue weighted by atomic mass is 10.2. The quantitative estimate of drug-likeness (QED) is 0.155. The second kappa shape index (κ2) is 14.0. The van der Waals surface area contributed by atoms with Crippen LogP contribution < -0.4 is 14.6 Å². The summed E-state index contributed by atoms with van der Waals surface area (Å²) in [7, 11) is -4.11. The fraction of sp³-hybridized carbons (Fsp3) is 0.0833. The maximum Gasteiger partial charge on any atom is 0.407 e. The highest BCUT2D eigenvalue weighted by Gasteiger charge is 2.24. The predicted octanol–water partition coefficient (Wildman–Crippen LogP) is 3.52. The Morgan fingerprint density at radius 2 is 1.20 bits per heavy atom. The molecule has 41 heavy (non-hydrogen) atoms. The third-order valence-corrected chi connectivity index (χ3v) is 6.29. The van der Waals surface area contributed by atoms with Crippen LogP contribution in [0.3, 0.4) is 0 Å². The van der Waals surface area contributed by atoms with Gasteiger partial charge in [-0.25, -0.2) is 13.6 Å². The molecule has 0 saturated carbocycles. The van der Waals surface area contributed by atoms with Gasteiger partial charge in [0.05, 0.1) is 0 Å². The van der Waals surface area contributed by atoms with Crippen molar-refractivity contribution in [3.8, 4) is 11.5 Å². The molecule has 0 aliphatic rings. The summed E-state index contributed by atoms with van der Waals surface area (Å²) in [5.41, 5.74) is 1.64. The first-order valence-corrected chi connectivity index (χ1v) is 13.8. The Morgan fingerprint density at radius 3 is 1.61 bits per heavy atom. The van der Waals surface area contributed by atoms with Crippen LogP contribution in [0.5, 0.6) is 11.5 Å². The van der Waals surface area contributed by atoms with E-state index in [1.165, 1.54) is 6.07 Å². The van der Waals surface area contributed by atoms with Gasteiger partial charge < -0.3 is 34.3 Å². The number of aromatic nitrogens is 2. The van der Waals surface area contributed by atoms with Gasteiger partial charge >= 0.3 is 11.6 Å². The number of ether oxygens (including phenoxy) is 2. The molecular weight excluding hydrogens is 582 g/mol. The van der Waals surface area contributed by atoms with Crippen LogP contribution in [-0.2, 0) is 34.3 Å². The lowest BCUT2D eigenvalue weighted by Gasteiger charge is -2.07. The molecular formula is C24H24N5O10S2-. The van der Waals surface area contributed by atoms with Crippen LogP contribution in [0.15, 0.2) is 95.0 Å². The van der Waals surface area contributed by atoms with Crippen molar-refractivity contribution in [2.75, 3.05) is 0 Å². The van der Waals surface area contributed by atoms with Gasteiger partial charge in [-0.15, -0.1) is 0 Å². The van der Waals surface area contributed by atoms with Crippen LogP contribution >= 0.6 is 0 Å². The van der Waals surface area contributed by atoms with Crippen LogP contribution in [-0.4, -0.2) is 37.0 Å². The van der Waals surface area contributed by atoms with Gasteiger partial charge in [0.1, 0.15) is 13.2 Å². The molecule has 0 aliphatic carbocycles.